The van der Waals surface area contributed by atoms with E-state index < -0.39 is 4.92 Å². The van der Waals surface area contributed by atoms with E-state index in [2.05, 4.69) is 10.2 Å². The van der Waals surface area contributed by atoms with Crippen molar-refractivity contribution in [2.75, 3.05) is 18.0 Å². The van der Waals surface area contributed by atoms with Crippen LogP contribution in [0.4, 0.5) is 11.4 Å². The van der Waals surface area contributed by atoms with Crippen molar-refractivity contribution in [2.24, 2.45) is 0 Å². The van der Waals surface area contributed by atoms with Crippen LogP contribution in [0.5, 0.6) is 0 Å². The number of nitro groups is 1. The molecule has 1 aliphatic rings. The molecule has 0 bridgehead atoms. The molecule has 0 unspecified atom stereocenters. The number of anilines is 1. The lowest BCUT2D eigenvalue weighted by atomic mass is 10.0. The van der Waals surface area contributed by atoms with Crippen LogP contribution in [0.15, 0.2) is 12.1 Å². The van der Waals surface area contributed by atoms with E-state index >= 15 is 0 Å². The highest BCUT2D eigenvalue weighted by Gasteiger charge is 2.24. The fraction of sp³-hybridized carbons (Fsp3) is 0.500. The van der Waals surface area contributed by atoms with Gasteiger partial charge in [-0.2, -0.15) is 0 Å². The Bertz CT molecular complexity index is 577. The quantitative estimate of drug-likeness (QED) is 0.688. The maximum atomic E-state index is 11.2. The molecule has 0 spiro atoms. The van der Waals surface area contributed by atoms with Crippen molar-refractivity contribution >= 4 is 28.9 Å². The molecule has 2 rings (SSSR count). The zero-order valence-corrected chi connectivity index (χ0v) is 12.8. The summed E-state index contributed by atoms with van der Waals surface area (Å²) < 4.78 is 0. The zero-order valence-electron chi connectivity index (χ0n) is 12.1. The van der Waals surface area contributed by atoms with E-state index in [1.807, 2.05) is 0 Å². The Labute approximate surface area is 128 Å². The van der Waals surface area contributed by atoms with Crippen LogP contribution in [-0.2, 0) is 4.79 Å². The molecule has 114 valence electrons. The van der Waals surface area contributed by atoms with Crippen LogP contribution < -0.4 is 10.2 Å². The van der Waals surface area contributed by atoms with Gasteiger partial charge < -0.3 is 10.2 Å². The molecular formula is C14H18ClN3O3. The minimum absolute atomic E-state index is 0.0270. The lowest BCUT2D eigenvalue weighted by molar-refractivity contribution is -0.385. The van der Waals surface area contributed by atoms with Gasteiger partial charge in [0.25, 0.3) is 5.69 Å². The summed E-state index contributed by atoms with van der Waals surface area (Å²) in [5.74, 6) is -0.0483. The van der Waals surface area contributed by atoms with Gasteiger partial charge in [-0.3, -0.25) is 14.9 Å². The number of nitrogens with one attached hydrogen (secondary N) is 1. The number of rotatable bonds is 3. The van der Waals surface area contributed by atoms with Crippen molar-refractivity contribution < 1.29 is 9.72 Å². The SMILES string of the molecule is CC(=O)N[C@@H]1CCCN(c2cc(C)c([N+](=O)[O-])cc2Cl)C1. The molecule has 1 saturated heterocycles. The van der Waals surface area contributed by atoms with Gasteiger partial charge in [0.1, 0.15) is 0 Å². The maximum absolute atomic E-state index is 11.2. The molecule has 0 aromatic heterocycles. The van der Waals surface area contributed by atoms with Crippen LogP contribution in [0.2, 0.25) is 5.02 Å². The molecule has 1 aromatic rings. The van der Waals surface area contributed by atoms with Crippen LogP contribution in [0.1, 0.15) is 25.3 Å². The van der Waals surface area contributed by atoms with E-state index in [0.29, 0.717) is 17.1 Å². The van der Waals surface area contributed by atoms with Gasteiger partial charge in [0.05, 0.1) is 15.6 Å². The van der Waals surface area contributed by atoms with E-state index in [1.165, 1.54) is 13.0 Å². The molecule has 1 atom stereocenters. The molecular weight excluding hydrogens is 294 g/mol. The Morgan fingerprint density at radius 1 is 1.52 bits per heavy atom. The Morgan fingerprint density at radius 2 is 2.24 bits per heavy atom. The number of benzene rings is 1. The van der Waals surface area contributed by atoms with E-state index in [-0.39, 0.29) is 17.6 Å². The highest BCUT2D eigenvalue weighted by Crippen LogP contribution is 2.34. The minimum atomic E-state index is -0.429. The van der Waals surface area contributed by atoms with Crippen molar-refractivity contribution in [3.63, 3.8) is 0 Å². The fourth-order valence-corrected chi connectivity index (χ4v) is 2.97. The van der Waals surface area contributed by atoms with Gasteiger partial charge >= 0.3 is 0 Å². The third kappa shape index (κ3) is 3.64. The first-order chi connectivity index (χ1) is 9.88. The van der Waals surface area contributed by atoms with E-state index in [4.69, 9.17) is 11.6 Å². The highest BCUT2D eigenvalue weighted by molar-refractivity contribution is 6.33. The number of carbonyl (C=O) groups is 1. The Balaban J connectivity index is 2.23. The number of nitrogens with zero attached hydrogens (tertiary/aromatic N) is 2. The number of hydrogen-bond acceptors (Lipinski definition) is 4. The van der Waals surface area contributed by atoms with Gasteiger partial charge in [-0.15, -0.1) is 0 Å². The summed E-state index contributed by atoms with van der Waals surface area (Å²) in [6.45, 7) is 4.69. The smallest absolute Gasteiger partial charge is 0.273 e. The second-order valence-electron chi connectivity index (χ2n) is 5.33. The molecule has 1 N–H and O–H groups in total. The molecule has 0 radical (unpaired) electrons. The number of piperidine rings is 1. The van der Waals surface area contributed by atoms with Crippen molar-refractivity contribution in [1.29, 1.82) is 0 Å². The van der Waals surface area contributed by atoms with Gasteiger partial charge in [0.2, 0.25) is 5.91 Å². The maximum Gasteiger partial charge on any atom is 0.273 e. The van der Waals surface area contributed by atoms with Crippen LogP contribution in [0, 0.1) is 17.0 Å². The van der Waals surface area contributed by atoms with E-state index in [9.17, 15) is 14.9 Å². The molecule has 6 nitrogen and oxygen atoms in total. The van der Waals surface area contributed by atoms with Gasteiger partial charge in [0.15, 0.2) is 0 Å². The van der Waals surface area contributed by atoms with Gasteiger partial charge in [-0.05, 0) is 25.8 Å². The molecule has 1 fully saturated rings. The largest absolute Gasteiger partial charge is 0.368 e. The number of hydrogen-bond donors (Lipinski definition) is 1. The zero-order chi connectivity index (χ0) is 15.6. The Hall–Kier alpha value is -1.82. The van der Waals surface area contributed by atoms with Gasteiger partial charge in [-0.1, -0.05) is 11.6 Å². The van der Waals surface area contributed by atoms with Gasteiger partial charge in [0, 0.05) is 37.7 Å². The fourth-order valence-electron chi connectivity index (χ4n) is 2.70. The lowest BCUT2D eigenvalue weighted by Gasteiger charge is -2.35. The van der Waals surface area contributed by atoms with Crippen molar-refractivity contribution in [3.05, 3.63) is 32.8 Å². The number of nitro benzene ring substituents is 1. The molecule has 21 heavy (non-hydrogen) atoms. The van der Waals surface area contributed by atoms with Crippen molar-refractivity contribution in [1.82, 2.24) is 5.32 Å². The number of aryl methyl sites for hydroxylation is 1. The average Bonchev–Trinajstić information content (AvgIpc) is 2.40. The van der Waals surface area contributed by atoms with Crippen LogP contribution in [-0.4, -0.2) is 30.0 Å². The van der Waals surface area contributed by atoms with Crippen LogP contribution >= 0.6 is 11.6 Å². The summed E-state index contributed by atoms with van der Waals surface area (Å²) in [5.41, 5.74) is 1.40. The number of carbonyl (C=O) groups excluding carboxylic acids is 1. The summed E-state index contributed by atoms with van der Waals surface area (Å²) >= 11 is 6.20. The molecule has 7 heteroatoms. The first kappa shape index (κ1) is 15.6. The second-order valence-corrected chi connectivity index (χ2v) is 5.74. The molecule has 0 saturated carbocycles. The van der Waals surface area contributed by atoms with Crippen LogP contribution in [0.3, 0.4) is 0 Å². The topological polar surface area (TPSA) is 75.5 Å². The van der Waals surface area contributed by atoms with E-state index in [0.717, 1.165) is 25.1 Å². The first-order valence-electron chi connectivity index (χ1n) is 6.85. The minimum Gasteiger partial charge on any atom is -0.368 e. The number of halogens is 1. The molecule has 1 aromatic carbocycles. The molecule has 1 amide bonds. The predicted octanol–water partition coefficient (Wildman–Crippen LogP) is 2.66. The first-order valence-corrected chi connectivity index (χ1v) is 7.23. The number of amides is 1. The molecule has 1 heterocycles. The third-order valence-electron chi connectivity index (χ3n) is 3.63. The predicted molar refractivity (Wildman–Crippen MR) is 81.9 cm³/mol. The third-order valence-corrected chi connectivity index (χ3v) is 3.93. The Kier molecular flexibility index (Phi) is 4.67. The van der Waals surface area contributed by atoms with E-state index in [1.54, 1.807) is 13.0 Å². The normalized spacial score (nSPS) is 18.4. The lowest BCUT2D eigenvalue weighted by Crippen LogP contribution is -2.47. The standard InChI is InChI=1S/C14H18ClN3O3/c1-9-6-14(12(15)7-13(9)18(20)21)17-5-3-4-11(8-17)16-10(2)19/h6-7,11H,3-5,8H2,1-2H3,(H,16,19)/t11-/m1/s1. The highest BCUT2D eigenvalue weighted by atomic mass is 35.5. The van der Waals surface area contributed by atoms with Gasteiger partial charge in [-0.25, -0.2) is 0 Å². The average molecular weight is 312 g/mol. The molecule has 0 aliphatic carbocycles. The van der Waals surface area contributed by atoms with Crippen LogP contribution in [0.25, 0.3) is 0 Å². The molecule has 1 aliphatic heterocycles. The van der Waals surface area contributed by atoms with Crippen molar-refractivity contribution in [2.45, 2.75) is 32.7 Å². The summed E-state index contributed by atoms with van der Waals surface area (Å²) in [7, 11) is 0. The Morgan fingerprint density at radius 3 is 2.86 bits per heavy atom. The summed E-state index contributed by atoms with van der Waals surface area (Å²) in [5, 5.41) is 14.2. The monoisotopic (exact) mass is 311 g/mol. The second kappa shape index (κ2) is 6.30. The summed E-state index contributed by atoms with van der Waals surface area (Å²) in [6.07, 6.45) is 1.87. The van der Waals surface area contributed by atoms with Crippen molar-refractivity contribution in [3.8, 4) is 0 Å². The summed E-state index contributed by atoms with van der Waals surface area (Å²) in [4.78, 5) is 23.7. The summed E-state index contributed by atoms with van der Waals surface area (Å²) in [6, 6.07) is 3.23.